The molecule has 0 amide bonds. The summed E-state index contributed by atoms with van der Waals surface area (Å²) in [6, 6.07) is 0.468. The molecule has 1 aromatic rings. The van der Waals surface area contributed by atoms with Crippen molar-refractivity contribution in [2.24, 2.45) is 0 Å². The van der Waals surface area contributed by atoms with Gasteiger partial charge in [0.25, 0.3) is 0 Å². The molecule has 1 saturated heterocycles. The molecule has 2 heterocycles. The zero-order chi connectivity index (χ0) is 15.2. The van der Waals surface area contributed by atoms with Gasteiger partial charge in [0.15, 0.2) is 0 Å². The number of aryl methyl sites for hydroxylation is 1. The van der Waals surface area contributed by atoms with Crippen LogP contribution in [0.3, 0.4) is 0 Å². The van der Waals surface area contributed by atoms with Crippen molar-refractivity contribution in [3.05, 3.63) is 17.5 Å². The largest absolute Gasteiger partial charge is 0.376 e. The average Bonchev–Trinajstić information content (AvgIpc) is 2.96. The molecule has 1 aromatic heterocycles. The van der Waals surface area contributed by atoms with E-state index in [0.717, 1.165) is 44.3 Å². The Hall–Kier alpha value is -1.20. The van der Waals surface area contributed by atoms with Crippen LogP contribution in [0.5, 0.6) is 0 Å². The third-order valence-electron chi connectivity index (χ3n) is 3.88. The highest BCUT2D eigenvalue weighted by Crippen LogP contribution is 2.17. The Kier molecular flexibility index (Phi) is 5.94. The molecule has 1 aliphatic rings. The van der Waals surface area contributed by atoms with Crippen LogP contribution in [-0.2, 0) is 11.3 Å². The number of hydrogen-bond donors (Lipinski definition) is 1. The van der Waals surface area contributed by atoms with Crippen molar-refractivity contribution < 1.29 is 4.74 Å². The molecular weight excluding hydrogens is 264 g/mol. The Labute approximate surface area is 128 Å². The first kappa shape index (κ1) is 16.2. The van der Waals surface area contributed by atoms with Gasteiger partial charge in [-0.15, -0.1) is 0 Å². The number of nitrogens with one attached hydrogen (secondary N) is 1. The van der Waals surface area contributed by atoms with Gasteiger partial charge in [0.05, 0.1) is 6.10 Å². The van der Waals surface area contributed by atoms with Crippen LogP contribution in [0.25, 0.3) is 0 Å². The molecule has 0 saturated carbocycles. The van der Waals surface area contributed by atoms with E-state index in [1.165, 1.54) is 12.0 Å². The molecule has 0 aliphatic carbocycles. The first-order valence-electron chi connectivity index (χ1n) is 8.02. The zero-order valence-corrected chi connectivity index (χ0v) is 13.7. The summed E-state index contributed by atoms with van der Waals surface area (Å²) < 4.78 is 5.72. The van der Waals surface area contributed by atoms with Crippen molar-refractivity contribution in [3.8, 4) is 0 Å². The molecule has 0 aromatic carbocycles. The quantitative estimate of drug-likeness (QED) is 0.835. The van der Waals surface area contributed by atoms with Crippen molar-refractivity contribution >= 4 is 5.95 Å². The lowest BCUT2D eigenvalue weighted by molar-refractivity contribution is 0.115. The fourth-order valence-electron chi connectivity index (χ4n) is 2.51. The summed E-state index contributed by atoms with van der Waals surface area (Å²) in [6.45, 7) is 12.0. The summed E-state index contributed by atoms with van der Waals surface area (Å²) >= 11 is 0. The summed E-state index contributed by atoms with van der Waals surface area (Å²) in [7, 11) is 0. The predicted octanol–water partition coefficient (Wildman–Crippen LogP) is 2.29. The van der Waals surface area contributed by atoms with E-state index in [4.69, 9.17) is 4.74 Å². The van der Waals surface area contributed by atoms with E-state index in [1.54, 1.807) is 0 Å². The second-order valence-corrected chi connectivity index (χ2v) is 5.99. The van der Waals surface area contributed by atoms with Crippen LogP contribution in [0.1, 0.15) is 44.9 Å². The second kappa shape index (κ2) is 7.71. The standard InChI is InChI=1S/C16H28N4O/c1-5-20(11-15-7-6-8-21-15)16-18-10-14(13(4)19-16)9-17-12(2)3/h10,12,15,17H,5-9,11H2,1-4H3. The molecule has 0 bridgehead atoms. The van der Waals surface area contributed by atoms with E-state index in [9.17, 15) is 0 Å². The Morgan fingerprint density at radius 3 is 2.86 bits per heavy atom. The maximum absolute atomic E-state index is 5.72. The minimum absolute atomic E-state index is 0.330. The predicted molar refractivity (Wildman–Crippen MR) is 85.6 cm³/mol. The number of likely N-dealkylation sites (N-methyl/N-ethyl adjacent to an activating group) is 1. The van der Waals surface area contributed by atoms with Crippen molar-refractivity contribution in [3.63, 3.8) is 0 Å². The van der Waals surface area contributed by atoms with Crippen LogP contribution in [0, 0.1) is 6.92 Å². The molecule has 5 nitrogen and oxygen atoms in total. The molecule has 0 spiro atoms. The molecule has 0 radical (unpaired) electrons. The van der Waals surface area contributed by atoms with Gasteiger partial charge in [-0.2, -0.15) is 0 Å². The van der Waals surface area contributed by atoms with Gasteiger partial charge < -0.3 is 15.0 Å². The summed E-state index contributed by atoms with van der Waals surface area (Å²) in [4.78, 5) is 11.4. The molecule has 1 unspecified atom stereocenters. The lowest BCUT2D eigenvalue weighted by atomic mass is 10.2. The number of hydrogen-bond acceptors (Lipinski definition) is 5. The number of ether oxygens (including phenoxy) is 1. The summed E-state index contributed by atoms with van der Waals surface area (Å²) in [5.74, 6) is 0.818. The zero-order valence-electron chi connectivity index (χ0n) is 13.7. The fraction of sp³-hybridized carbons (Fsp3) is 0.750. The molecule has 1 N–H and O–H groups in total. The molecule has 118 valence electrons. The molecular formula is C16H28N4O. The minimum Gasteiger partial charge on any atom is -0.376 e. The minimum atomic E-state index is 0.330. The monoisotopic (exact) mass is 292 g/mol. The van der Waals surface area contributed by atoms with Gasteiger partial charge >= 0.3 is 0 Å². The van der Waals surface area contributed by atoms with Crippen LogP contribution in [0.15, 0.2) is 6.20 Å². The van der Waals surface area contributed by atoms with Crippen molar-refractivity contribution in [1.82, 2.24) is 15.3 Å². The highest BCUT2D eigenvalue weighted by atomic mass is 16.5. The normalized spacial score (nSPS) is 18.4. The number of anilines is 1. The summed E-state index contributed by atoms with van der Waals surface area (Å²) in [5, 5.41) is 3.41. The Morgan fingerprint density at radius 1 is 1.48 bits per heavy atom. The van der Waals surface area contributed by atoms with E-state index in [2.05, 4.69) is 47.9 Å². The summed E-state index contributed by atoms with van der Waals surface area (Å²) in [6.07, 6.45) is 4.59. The van der Waals surface area contributed by atoms with Gasteiger partial charge in [-0.25, -0.2) is 9.97 Å². The van der Waals surface area contributed by atoms with Crippen LogP contribution < -0.4 is 10.2 Å². The first-order chi connectivity index (χ1) is 10.1. The first-order valence-corrected chi connectivity index (χ1v) is 8.02. The second-order valence-electron chi connectivity index (χ2n) is 5.99. The lowest BCUT2D eigenvalue weighted by Crippen LogP contribution is -2.33. The topological polar surface area (TPSA) is 50.3 Å². The van der Waals surface area contributed by atoms with Crippen LogP contribution in [-0.4, -0.2) is 41.8 Å². The number of rotatable bonds is 7. The molecule has 5 heteroatoms. The van der Waals surface area contributed by atoms with E-state index >= 15 is 0 Å². The number of nitrogens with zero attached hydrogens (tertiary/aromatic N) is 3. The smallest absolute Gasteiger partial charge is 0.225 e. The Balaban J connectivity index is 2.02. The van der Waals surface area contributed by atoms with E-state index in [1.807, 2.05) is 6.20 Å². The third-order valence-corrected chi connectivity index (χ3v) is 3.88. The van der Waals surface area contributed by atoms with Gasteiger partial charge in [-0.3, -0.25) is 0 Å². The average molecular weight is 292 g/mol. The number of aromatic nitrogens is 2. The maximum atomic E-state index is 5.72. The molecule has 2 rings (SSSR count). The van der Waals surface area contributed by atoms with Gasteiger partial charge in [0.2, 0.25) is 5.95 Å². The van der Waals surface area contributed by atoms with E-state index < -0.39 is 0 Å². The molecule has 1 aliphatic heterocycles. The van der Waals surface area contributed by atoms with Gasteiger partial charge in [0.1, 0.15) is 0 Å². The third kappa shape index (κ3) is 4.64. The van der Waals surface area contributed by atoms with Crippen molar-refractivity contribution in [1.29, 1.82) is 0 Å². The van der Waals surface area contributed by atoms with Gasteiger partial charge in [-0.1, -0.05) is 13.8 Å². The lowest BCUT2D eigenvalue weighted by Gasteiger charge is -2.24. The van der Waals surface area contributed by atoms with Crippen LogP contribution in [0.4, 0.5) is 5.95 Å². The summed E-state index contributed by atoms with van der Waals surface area (Å²) in [5.41, 5.74) is 2.22. The molecule has 1 fully saturated rings. The molecule has 21 heavy (non-hydrogen) atoms. The van der Waals surface area contributed by atoms with Gasteiger partial charge in [0, 0.05) is 49.7 Å². The Bertz CT molecular complexity index is 444. The maximum Gasteiger partial charge on any atom is 0.225 e. The van der Waals surface area contributed by atoms with Crippen LogP contribution >= 0.6 is 0 Å². The molecule has 1 atom stereocenters. The van der Waals surface area contributed by atoms with Gasteiger partial charge in [-0.05, 0) is 26.7 Å². The van der Waals surface area contributed by atoms with Crippen molar-refractivity contribution in [2.75, 3.05) is 24.6 Å². The SMILES string of the molecule is CCN(CC1CCCO1)c1ncc(CNC(C)C)c(C)n1. The Morgan fingerprint density at radius 2 is 2.29 bits per heavy atom. The van der Waals surface area contributed by atoms with Crippen molar-refractivity contribution in [2.45, 2.75) is 59.2 Å². The van der Waals surface area contributed by atoms with E-state index in [-0.39, 0.29) is 0 Å². The fourth-order valence-corrected chi connectivity index (χ4v) is 2.51. The van der Waals surface area contributed by atoms with Crippen LogP contribution in [0.2, 0.25) is 0 Å². The highest BCUT2D eigenvalue weighted by Gasteiger charge is 2.20. The van der Waals surface area contributed by atoms with E-state index in [0.29, 0.717) is 12.1 Å². The highest BCUT2D eigenvalue weighted by molar-refractivity contribution is 5.33.